The Morgan fingerprint density at radius 3 is 2.95 bits per heavy atom. The second kappa shape index (κ2) is 6.12. The van der Waals surface area contributed by atoms with Crippen LogP contribution in [0.5, 0.6) is 0 Å². The zero-order valence-electron chi connectivity index (χ0n) is 10.5. The van der Waals surface area contributed by atoms with E-state index in [4.69, 9.17) is 0 Å². The average molecular weight is 341 g/mol. The topological polar surface area (TPSA) is 66.9 Å². The summed E-state index contributed by atoms with van der Waals surface area (Å²) in [6.45, 7) is 4.68. The summed E-state index contributed by atoms with van der Waals surface area (Å²) in [6.07, 6.45) is 0. The average Bonchev–Trinajstić information content (AvgIpc) is 2.83. The maximum atomic E-state index is 12.0. The van der Waals surface area contributed by atoms with Gasteiger partial charge in [-0.25, -0.2) is 0 Å². The van der Waals surface area contributed by atoms with Crippen molar-refractivity contribution in [1.82, 2.24) is 10.2 Å². The molecule has 0 aliphatic rings. The summed E-state index contributed by atoms with van der Waals surface area (Å²) in [5.74, 6) is -0.257. The summed E-state index contributed by atoms with van der Waals surface area (Å²) in [4.78, 5) is 12.0. The van der Waals surface area contributed by atoms with E-state index in [2.05, 4.69) is 36.8 Å². The van der Waals surface area contributed by atoms with Gasteiger partial charge in [0.2, 0.25) is 10.1 Å². The van der Waals surface area contributed by atoms with Crippen molar-refractivity contribution < 1.29 is 4.79 Å². The van der Waals surface area contributed by atoms with Gasteiger partial charge in [-0.2, -0.15) is 0 Å². The zero-order valence-corrected chi connectivity index (χ0v) is 12.9. The highest BCUT2D eigenvalue weighted by Crippen LogP contribution is 2.24. The second-order valence-corrected chi connectivity index (χ2v) is 5.71. The summed E-state index contributed by atoms with van der Waals surface area (Å²) in [5, 5.41) is 14.6. The fourth-order valence-corrected chi connectivity index (χ4v) is 2.50. The van der Waals surface area contributed by atoms with Crippen molar-refractivity contribution in [3.8, 4) is 0 Å². The van der Waals surface area contributed by atoms with Gasteiger partial charge in [0, 0.05) is 11.0 Å². The zero-order chi connectivity index (χ0) is 13.8. The Kier molecular flexibility index (Phi) is 4.49. The van der Waals surface area contributed by atoms with Gasteiger partial charge in [-0.15, -0.1) is 10.2 Å². The molecule has 0 aliphatic heterocycles. The molecular formula is C12H13BrN4OS. The maximum absolute atomic E-state index is 12.0. The summed E-state index contributed by atoms with van der Waals surface area (Å²) >= 11 is 4.64. The van der Waals surface area contributed by atoms with E-state index in [0.29, 0.717) is 10.1 Å². The highest BCUT2D eigenvalue weighted by Gasteiger charge is 2.14. The Hall–Kier alpha value is -1.47. The summed E-state index contributed by atoms with van der Waals surface area (Å²) in [6, 6.07) is 5.76. The van der Waals surface area contributed by atoms with Gasteiger partial charge in [0.15, 0.2) is 0 Å². The third-order valence-corrected chi connectivity index (χ3v) is 3.89. The van der Waals surface area contributed by atoms with Gasteiger partial charge in [-0.1, -0.05) is 17.4 Å². The van der Waals surface area contributed by atoms with Crippen LogP contribution in [-0.4, -0.2) is 22.6 Å². The molecule has 0 saturated carbocycles. The molecule has 0 unspecified atom stereocenters. The highest BCUT2D eigenvalue weighted by molar-refractivity contribution is 9.10. The summed E-state index contributed by atoms with van der Waals surface area (Å²) in [7, 11) is 0. The minimum absolute atomic E-state index is 0.257. The van der Waals surface area contributed by atoms with Gasteiger partial charge in [0.1, 0.15) is 0 Å². The molecule has 2 aromatic rings. The maximum Gasteiger partial charge on any atom is 0.286 e. The lowest BCUT2D eigenvalue weighted by Crippen LogP contribution is -2.12. The lowest BCUT2D eigenvalue weighted by molar-refractivity contribution is 0.102. The van der Waals surface area contributed by atoms with Crippen LogP contribution in [0.15, 0.2) is 22.7 Å². The molecule has 1 heterocycles. The first-order chi connectivity index (χ1) is 9.10. The predicted molar refractivity (Wildman–Crippen MR) is 80.9 cm³/mol. The molecular weight excluding hydrogens is 328 g/mol. The molecule has 0 radical (unpaired) electrons. The standard InChI is InChI=1S/C12H13BrN4OS/c1-3-14-12-17-16-11(19-12)10(18)15-9-6-7(2)4-5-8(9)13/h4-6H,3H2,1-2H3,(H,14,17)(H,15,18). The van der Waals surface area contributed by atoms with E-state index >= 15 is 0 Å². The van der Waals surface area contributed by atoms with Crippen molar-refractivity contribution in [2.45, 2.75) is 13.8 Å². The third kappa shape index (κ3) is 3.51. The quantitative estimate of drug-likeness (QED) is 0.896. The van der Waals surface area contributed by atoms with Gasteiger partial charge >= 0.3 is 0 Å². The molecule has 19 heavy (non-hydrogen) atoms. The molecule has 2 N–H and O–H groups in total. The largest absolute Gasteiger partial charge is 0.360 e. The number of nitrogens with zero attached hydrogens (tertiary/aromatic N) is 2. The lowest BCUT2D eigenvalue weighted by atomic mass is 10.2. The number of carbonyl (C=O) groups is 1. The lowest BCUT2D eigenvalue weighted by Gasteiger charge is -2.06. The third-order valence-electron chi connectivity index (χ3n) is 2.32. The first kappa shape index (κ1) is 14.0. The molecule has 0 spiro atoms. The number of nitrogens with one attached hydrogen (secondary N) is 2. The Bertz CT molecular complexity index is 599. The Morgan fingerprint density at radius 2 is 2.21 bits per heavy atom. The van der Waals surface area contributed by atoms with Gasteiger partial charge in [-0.3, -0.25) is 4.79 Å². The number of anilines is 2. The molecule has 0 atom stereocenters. The number of halogens is 1. The van der Waals surface area contributed by atoms with Crippen LogP contribution in [0, 0.1) is 6.92 Å². The first-order valence-electron chi connectivity index (χ1n) is 5.75. The molecule has 0 aliphatic carbocycles. The fraction of sp³-hybridized carbons (Fsp3) is 0.250. The number of carbonyl (C=O) groups excluding carboxylic acids is 1. The van der Waals surface area contributed by atoms with Crippen molar-refractivity contribution in [3.63, 3.8) is 0 Å². The minimum atomic E-state index is -0.257. The van der Waals surface area contributed by atoms with Crippen LogP contribution in [0.1, 0.15) is 22.3 Å². The molecule has 0 fully saturated rings. The van der Waals surface area contributed by atoms with Crippen molar-refractivity contribution in [2.24, 2.45) is 0 Å². The smallest absolute Gasteiger partial charge is 0.286 e. The number of rotatable bonds is 4. The molecule has 0 saturated heterocycles. The van der Waals surface area contributed by atoms with E-state index in [9.17, 15) is 4.79 Å². The van der Waals surface area contributed by atoms with E-state index < -0.39 is 0 Å². The van der Waals surface area contributed by atoms with Crippen LogP contribution in [0.4, 0.5) is 10.8 Å². The van der Waals surface area contributed by atoms with Crippen molar-refractivity contribution in [1.29, 1.82) is 0 Å². The van der Waals surface area contributed by atoms with E-state index in [-0.39, 0.29) is 5.91 Å². The van der Waals surface area contributed by atoms with Gasteiger partial charge in [0.25, 0.3) is 5.91 Å². The number of amides is 1. The molecule has 1 amide bonds. The second-order valence-electron chi connectivity index (χ2n) is 3.88. The summed E-state index contributed by atoms with van der Waals surface area (Å²) in [5.41, 5.74) is 1.80. The molecule has 1 aromatic carbocycles. The fourth-order valence-electron chi connectivity index (χ4n) is 1.45. The van der Waals surface area contributed by atoms with E-state index in [1.165, 1.54) is 11.3 Å². The van der Waals surface area contributed by atoms with Crippen LogP contribution in [0.3, 0.4) is 0 Å². The van der Waals surface area contributed by atoms with Crippen molar-refractivity contribution in [2.75, 3.05) is 17.2 Å². The number of aryl methyl sites for hydroxylation is 1. The van der Waals surface area contributed by atoms with Gasteiger partial charge < -0.3 is 10.6 Å². The number of hydrogen-bond acceptors (Lipinski definition) is 5. The van der Waals surface area contributed by atoms with Crippen LogP contribution in [0.2, 0.25) is 0 Å². The number of hydrogen-bond donors (Lipinski definition) is 2. The van der Waals surface area contributed by atoms with E-state index in [1.807, 2.05) is 32.0 Å². The highest BCUT2D eigenvalue weighted by atomic mass is 79.9. The number of benzene rings is 1. The molecule has 1 aromatic heterocycles. The van der Waals surface area contributed by atoms with Crippen LogP contribution in [-0.2, 0) is 0 Å². The molecule has 7 heteroatoms. The van der Waals surface area contributed by atoms with Crippen molar-refractivity contribution in [3.05, 3.63) is 33.2 Å². The molecule has 0 bridgehead atoms. The van der Waals surface area contributed by atoms with Crippen molar-refractivity contribution >= 4 is 44.0 Å². The minimum Gasteiger partial charge on any atom is -0.360 e. The van der Waals surface area contributed by atoms with Gasteiger partial charge in [0.05, 0.1) is 5.69 Å². The summed E-state index contributed by atoms with van der Waals surface area (Å²) < 4.78 is 0.836. The first-order valence-corrected chi connectivity index (χ1v) is 7.36. The molecule has 2 rings (SSSR count). The number of aromatic nitrogens is 2. The van der Waals surface area contributed by atoms with Crippen LogP contribution >= 0.6 is 27.3 Å². The van der Waals surface area contributed by atoms with Crippen LogP contribution < -0.4 is 10.6 Å². The Labute approximate surface area is 123 Å². The van der Waals surface area contributed by atoms with E-state index in [0.717, 1.165) is 22.3 Å². The molecule has 5 nitrogen and oxygen atoms in total. The SMILES string of the molecule is CCNc1nnc(C(=O)Nc2cc(C)ccc2Br)s1. The normalized spacial score (nSPS) is 10.3. The molecule has 100 valence electrons. The monoisotopic (exact) mass is 340 g/mol. The van der Waals surface area contributed by atoms with Crippen LogP contribution in [0.25, 0.3) is 0 Å². The predicted octanol–water partition coefficient (Wildman–Crippen LogP) is 3.29. The van der Waals surface area contributed by atoms with Gasteiger partial charge in [-0.05, 0) is 47.5 Å². The van der Waals surface area contributed by atoms with E-state index in [1.54, 1.807) is 0 Å². The Balaban J connectivity index is 2.13. The Morgan fingerprint density at radius 1 is 1.42 bits per heavy atom.